The van der Waals surface area contributed by atoms with Crippen LogP contribution in [0.3, 0.4) is 0 Å². The number of carbonyl (C=O) groups is 3. The van der Waals surface area contributed by atoms with Crippen LogP contribution in [-0.2, 0) is 42.6 Å². The second kappa shape index (κ2) is 9.73. The van der Waals surface area contributed by atoms with E-state index >= 15 is 0 Å². The summed E-state index contributed by atoms with van der Waals surface area (Å²) < 4.78 is 33.0. The molecule has 0 aromatic carbocycles. The van der Waals surface area contributed by atoms with E-state index in [0.717, 1.165) is 16.6 Å². The van der Waals surface area contributed by atoms with Gasteiger partial charge in [-0.25, -0.2) is 9.10 Å². The highest BCUT2D eigenvalue weighted by Gasteiger charge is 2.54. The van der Waals surface area contributed by atoms with Crippen LogP contribution in [0.25, 0.3) is 0 Å². The molecule has 2 aliphatic rings. The predicted molar refractivity (Wildman–Crippen MR) is 117 cm³/mol. The van der Waals surface area contributed by atoms with Crippen LogP contribution in [0, 0.1) is 0 Å². The van der Waals surface area contributed by atoms with Gasteiger partial charge < -0.3 is 32.0 Å². The Hall–Kier alpha value is -3.33. The van der Waals surface area contributed by atoms with Gasteiger partial charge in [0.15, 0.2) is 11.5 Å². The highest BCUT2D eigenvalue weighted by Crippen LogP contribution is 2.26. The molecule has 18 nitrogen and oxygen atoms in total. The van der Waals surface area contributed by atoms with Crippen LogP contribution in [0.4, 0.5) is 0 Å². The quantitative estimate of drug-likeness (QED) is 0.0729. The van der Waals surface area contributed by atoms with E-state index in [-0.39, 0.29) is 28.9 Å². The van der Waals surface area contributed by atoms with Crippen molar-refractivity contribution in [3.8, 4) is 0 Å². The zero-order valence-electron chi connectivity index (χ0n) is 18.2. The number of rotatable bonds is 10. The lowest BCUT2D eigenvalue weighted by atomic mass is 9.98. The van der Waals surface area contributed by atoms with Crippen molar-refractivity contribution >= 4 is 45.6 Å². The fourth-order valence-electron chi connectivity index (χ4n) is 2.85. The van der Waals surface area contributed by atoms with E-state index in [1.807, 2.05) is 0 Å². The average Bonchev–Trinajstić information content (AvgIpc) is 3.39. The molecule has 0 aliphatic carbocycles. The molecule has 3 unspecified atom stereocenters. The highest BCUT2D eigenvalue weighted by molar-refractivity contribution is 8.02. The minimum Gasteiger partial charge on any atom is -0.478 e. The third-order valence-electron chi connectivity index (χ3n) is 4.71. The Morgan fingerprint density at radius 1 is 1.43 bits per heavy atom. The van der Waals surface area contributed by atoms with Crippen molar-refractivity contribution in [2.45, 2.75) is 50.1 Å². The molecular formula is C15H22N10O8S2. The summed E-state index contributed by atoms with van der Waals surface area (Å²) in [6.07, 6.45) is 0. The molecule has 0 spiro atoms. The van der Waals surface area contributed by atoms with Crippen LogP contribution in [0.2, 0.25) is 0 Å². The van der Waals surface area contributed by atoms with E-state index in [4.69, 9.17) is 16.3 Å². The first kappa shape index (κ1) is 26.3. The summed E-state index contributed by atoms with van der Waals surface area (Å²) in [5, 5.41) is 30.5. The highest BCUT2D eigenvalue weighted by atomic mass is 32.2. The van der Waals surface area contributed by atoms with E-state index in [1.165, 1.54) is 19.3 Å². The summed E-state index contributed by atoms with van der Waals surface area (Å²) >= 11 is 1.09. The van der Waals surface area contributed by atoms with Gasteiger partial charge in [0.1, 0.15) is 17.6 Å². The fraction of sp³-hybridized carbons (Fsp3) is 0.533. The zero-order chi connectivity index (χ0) is 26.1. The van der Waals surface area contributed by atoms with Crippen LogP contribution in [0.5, 0.6) is 0 Å². The topological polar surface area (TPSA) is 270 Å². The number of carboxylic acids is 1. The molecule has 1 fully saturated rings. The van der Waals surface area contributed by atoms with Gasteiger partial charge in [-0.05, 0) is 19.1 Å². The van der Waals surface area contributed by atoms with Crippen LogP contribution in [-0.4, -0.2) is 89.3 Å². The molecule has 1 saturated heterocycles. The molecule has 3 atom stereocenters. The number of carbonyl (C=O) groups excluding carboxylic acids is 2. The first-order valence-corrected chi connectivity index (χ1v) is 12.0. The largest absolute Gasteiger partial charge is 0.478 e. The lowest BCUT2D eigenvalue weighted by Crippen LogP contribution is -2.73. The van der Waals surface area contributed by atoms with Crippen molar-refractivity contribution in [3.63, 3.8) is 0 Å². The number of carboxylic acid groups (broad SMARTS) is 1. The number of nitrogens with zero attached hydrogens (tertiary/aromatic N) is 6. The maximum absolute atomic E-state index is 13.0. The second-order valence-corrected chi connectivity index (χ2v) is 9.98. The third kappa shape index (κ3) is 5.67. The minimum absolute atomic E-state index is 0.0550. The first-order chi connectivity index (χ1) is 16.2. The molecule has 20 heteroatoms. The molecular weight excluding hydrogens is 512 g/mol. The molecule has 2 amide bonds. The Morgan fingerprint density at radius 2 is 2.11 bits per heavy atom. The molecule has 35 heavy (non-hydrogen) atoms. The van der Waals surface area contributed by atoms with E-state index in [1.54, 1.807) is 0 Å². The van der Waals surface area contributed by atoms with Crippen molar-refractivity contribution in [3.05, 3.63) is 16.9 Å². The standard InChI is InChI=1S/C15H22N10O8S2/c1-15(2,13(28)29)33-22-9(6-5-34-14(17)18-6)11(26)19-10-7(25(12(10)27)35(30,31)32)4-24-21-8(3-16)20-23-24/h5,7,10,14,18H,3-4,16-17H2,1-2H3,(H,19,26)(H,28,29)(H,30,31,32)/b22-9-. The number of hydrogen-bond acceptors (Lipinski definition) is 14. The van der Waals surface area contributed by atoms with Gasteiger partial charge >= 0.3 is 16.3 Å². The van der Waals surface area contributed by atoms with Crippen LogP contribution in [0.15, 0.2) is 16.3 Å². The molecule has 0 saturated carbocycles. The normalized spacial score (nSPS) is 22.8. The predicted octanol–water partition coefficient (Wildman–Crippen LogP) is -3.71. The average molecular weight is 535 g/mol. The van der Waals surface area contributed by atoms with E-state index < -0.39 is 57.0 Å². The molecule has 1 aromatic heterocycles. The van der Waals surface area contributed by atoms with Crippen molar-refractivity contribution in [2.75, 3.05) is 0 Å². The maximum atomic E-state index is 13.0. The van der Waals surface area contributed by atoms with Gasteiger partial charge in [0.05, 0.1) is 18.8 Å². The number of oxime groups is 1. The lowest BCUT2D eigenvalue weighted by molar-refractivity contribution is -0.161. The summed E-state index contributed by atoms with van der Waals surface area (Å²) in [5.74, 6) is -3.39. The molecule has 3 rings (SSSR count). The van der Waals surface area contributed by atoms with Crippen molar-refractivity contribution in [1.29, 1.82) is 0 Å². The minimum atomic E-state index is -4.98. The zero-order valence-corrected chi connectivity index (χ0v) is 19.9. The van der Waals surface area contributed by atoms with E-state index in [9.17, 15) is 32.5 Å². The van der Waals surface area contributed by atoms with Gasteiger partial charge in [-0.2, -0.15) is 13.2 Å². The van der Waals surface area contributed by atoms with Gasteiger partial charge in [0, 0.05) is 5.41 Å². The monoisotopic (exact) mass is 534 g/mol. The Labute approximate surface area is 201 Å². The van der Waals surface area contributed by atoms with Crippen molar-refractivity contribution < 1.29 is 37.3 Å². The van der Waals surface area contributed by atoms with Crippen molar-refractivity contribution in [1.82, 2.24) is 35.1 Å². The number of thioether (sulfide) groups is 1. The number of tetrazole rings is 1. The third-order valence-corrected chi connectivity index (χ3v) is 6.44. The first-order valence-electron chi connectivity index (χ1n) is 9.70. The number of aromatic nitrogens is 4. The van der Waals surface area contributed by atoms with Gasteiger partial charge in [-0.3, -0.25) is 14.1 Å². The fourth-order valence-corrected chi connectivity index (χ4v) is 4.38. The Balaban J connectivity index is 1.86. The van der Waals surface area contributed by atoms with E-state index in [2.05, 4.69) is 31.2 Å². The van der Waals surface area contributed by atoms with Crippen LogP contribution in [0.1, 0.15) is 19.7 Å². The SMILES string of the molecule is CC(C)(O/N=C(\C(=O)NC1C(=O)N(S(=O)(=O)O)C1Cn1nnc(CN)n1)C1=CSC(N)N1)C(=O)O. The summed E-state index contributed by atoms with van der Waals surface area (Å²) in [4.78, 5) is 42.8. The summed E-state index contributed by atoms with van der Waals surface area (Å²) in [7, 11) is -4.98. The number of β-lactam (4-membered cyclic amide) rings is 1. The number of aliphatic carboxylic acids is 1. The summed E-state index contributed by atoms with van der Waals surface area (Å²) in [6.45, 7) is 1.96. The number of hydrogen-bond donors (Lipinski definition) is 6. The molecule has 2 aliphatic heterocycles. The summed E-state index contributed by atoms with van der Waals surface area (Å²) in [5.41, 5.74) is 8.31. The van der Waals surface area contributed by atoms with Gasteiger partial charge in [0.25, 0.3) is 11.8 Å². The number of nitrogens with one attached hydrogen (secondary N) is 2. The number of nitrogens with two attached hydrogens (primary N) is 2. The molecule has 192 valence electrons. The maximum Gasteiger partial charge on any atom is 0.362 e. The van der Waals surface area contributed by atoms with E-state index in [0.29, 0.717) is 0 Å². The van der Waals surface area contributed by atoms with Crippen LogP contribution < -0.4 is 22.1 Å². The van der Waals surface area contributed by atoms with Gasteiger partial charge in [-0.1, -0.05) is 16.9 Å². The smallest absolute Gasteiger partial charge is 0.362 e. The molecule has 0 bridgehead atoms. The lowest BCUT2D eigenvalue weighted by Gasteiger charge is -2.43. The molecule has 8 N–H and O–H groups in total. The number of amides is 2. The van der Waals surface area contributed by atoms with Crippen LogP contribution >= 0.6 is 11.8 Å². The van der Waals surface area contributed by atoms with Crippen molar-refractivity contribution in [2.24, 2.45) is 16.6 Å². The second-order valence-electron chi connectivity index (χ2n) is 7.67. The molecule has 1 aromatic rings. The Morgan fingerprint density at radius 3 is 2.63 bits per heavy atom. The molecule has 0 radical (unpaired) electrons. The van der Waals surface area contributed by atoms with Gasteiger partial charge in [-0.15, -0.1) is 10.2 Å². The Kier molecular flexibility index (Phi) is 7.31. The summed E-state index contributed by atoms with van der Waals surface area (Å²) in [6, 6.07) is -2.79. The van der Waals surface area contributed by atoms with Gasteiger partial charge in [0.2, 0.25) is 5.60 Å². The Bertz CT molecular complexity index is 1200. The molecule has 3 heterocycles.